The predicted molar refractivity (Wildman–Crippen MR) is 169 cm³/mol. The number of halogens is 3. The first-order valence-corrected chi connectivity index (χ1v) is 16.2. The topological polar surface area (TPSA) is 90.8 Å². The van der Waals surface area contributed by atoms with Crippen LogP contribution >= 0.6 is 0 Å². The van der Waals surface area contributed by atoms with Gasteiger partial charge in [-0.15, -0.1) is 0 Å². The molecule has 3 atom stereocenters. The maximum atomic E-state index is 16.9. The van der Waals surface area contributed by atoms with Crippen LogP contribution in [-0.4, -0.2) is 75.9 Å². The lowest BCUT2D eigenvalue weighted by Gasteiger charge is -2.49. The highest BCUT2D eigenvalue weighted by Crippen LogP contribution is 2.43. The molecular weight excluding hydrogens is 595 g/mol. The van der Waals surface area contributed by atoms with Crippen molar-refractivity contribution < 1.29 is 27.8 Å². The molecule has 4 saturated heterocycles. The number of carbonyl (C=O) groups is 1. The van der Waals surface area contributed by atoms with Crippen LogP contribution in [0.2, 0.25) is 0 Å². The highest BCUT2D eigenvalue weighted by atomic mass is 19.1. The van der Waals surface area contributed by atoms with E-state index >= 15 is 4.39 Å². The van der Waals surface area contributed by atoms with Crippen LogP contribution in [-0.2, 0) is 11.2 Å². The van der Waals surface area contributed by atoms with Crippen molar-refractivity contribution in [1.82, 2.24) is 20.2 Å². The summed E-state index contributed by atoms with van der Waals surface area (Å²) in [6.45, 7) is 4.40. The number of aromatic hydroxyl groups is 1. The van der Waals surface area contributed by atoms with Crippen molar-refractivity contribution in [3.63, 3.8) is 0 Å². The summed E-state index contributed by atoms with van der Waals surface area (Å²) in [6.07, 6.45) is 3.70. The van der Waals surface area contributed by atoms with Crippen LogP contribution in [0.15, 0.2) is 36.4 Å². The number of benzene rings is 3. The number of piperidine rings is 1. The van der Waals surface area contributed by atoms with E-state index in [-0.39, 0.29) is 40.9 Å². The molecule has 11 heteroatoms. The number of phenols is 1. The first-order chi connectivity index (χ1) is 22.2. The molecule has 240 valence electrons. The number of nitrogens with one attached hydrogen (secondary N) is 1. The molecule has 4 aliphatic rings. The van der Waals surface area contributed by atoms with Gasteiger partial charge >= 0.3 is 6.01 Å². The Morgan fingerprint density at radius 2 is 1.91 bits per heavy atom. The highest BCUT2D eigenvalue weighted by molar-refractivity contribution is 6.03. The number of nitrogens with zero attached hydrogens (tertiary/aromatic N) is 4. The van der Waals surface area contributed by atoms with E-state index in [1.165, 1.54) is 12.1 Å². The molecule has 1 unspecified atom stereocenters. The van der Waals surface area contributed by atoms with Gasteiger partial charge in [0.25, 0.3) is 0 Å². The minimum absolute atomic E-state index is 0.000380. The normalized spacial score (nSPS) is 26.1. The summed E-state index contributed by atoms with van der Waals surface area (Å²) >= 11 is 0. The van der Waals surface area contributed by atoms with Gasteiger partial charge < -0.3 is 20.1 Å². The third-order valence-electron chi connectivity index (χ3n) is 10.6. The van der Waals surface area contributed by atoms with Crippen LogP contribution < -0.4 is 15.0 Å². The number of β-lactam (4-membered cyclic amide) rings is 1. The van der Waals surface area contributed by atoms with Gasteiger partial charge in [-0.2, -0.15) is 9.97 Å². The van der Waals surface area contributed by atoms with Crippen molar-refractivity contribution in [1.29, 1.82) is 0 Å². The Balaban J connectivity index is 1.27. The van der Waals surface area contributed by atoms with E-state index in [9.17, 15) is 18.7 Å². The van der Waals surface area contributed by atoms with Crippen molar-refractivity contribution in [3.8, 4) is 22.9 Å². The zero-order valence-electron chi connectivity index (χ0n) is 25.7. The number of hydrogen-bond donors (Lipinski definition) is 2. The Labute approximate surface area is 264 Å². The lowest BCUT2D eigenvalue weighted by atomic mass is 9.79. The Morgan fingerprint density at radius 3 is 2.72 bits per heavy atom. The first kappa shape index (κ1) is 29.3. The van der Waals surface area contributed by atoms with Gasteiger partial charge in [-0.05, 0) is 84.8 Å². The lowest BCUT2D eigenvalue weighted by molar-refractivity contribution is -0.133. The molecule has 3 aromatic carbocycles. The van der Waals surface area contributed by atoms with Crippen molar-refractivity contribution in [2.45, 2.75) is 69.1 Å². The number of anilines is 1. The number of rotatable bonds is 6. The summed E-state index contributed by atoms with van der Waals surface area (Å²) in [5, 5.41) is 15.3. The van der Waals surface area contributed by atoms with Crippen LogP contribution in [0.25, 0.3) is 32.8 Å². The number of aromatic nitrogens is 2. The second kappa shape index (κ2) is 10.7. The van der Waals surface area contributed by atoms with Crippen molar-refractivity contribution in [2.75, 3.05) is 37.7 Å². The summed E-state index contributed by atoms with van der Waals surface area (Å²) in [5.74, 6) is -0.584. The van der Waals surface area contributed by atoms with Gasteiger partial charge in [0.2, 0.25) is 5.91 Å². The maximum absolute atomic E-state index is 16.9. The Hall–Kier alpha value is -4.12. The molecular formula is C35H36F3N5O3. The standard InChI is InChI=1S/C35H36F3N5O3/c1-2-23-27(37)8-5-20-13-22(44)14-26(29(20)23)24-6-7-25-31(30(24)38)39-33(46-19-35-10-4-12-43(35)17-21(36)15-35)40-32(25)42-11-3-9-34(18-42)16-28(45)41-34/h5-8,13-14,21,44H,2-4,9-12,15-19H2,1H3,(H,41,45)/t21-,34?,35+/m1/s1. The summed E-state index contributed by atoms with van der Waals surface area (Å²) in [4.78, 5) is 25.5. The fourth-order valence-electron chi connectivity index (χ4n) is 8.49. The summed E-state index contributed by atoms with van der Waals surface area (Å²) in [5.41, 5.74) is 0.214. The highest BCUT2D eigenvalue weighted by Gasteiger charge is 2.50. The average molecular weight is 632 g/mol. The zero-order chi connectivity index (χ0) is 31.8. The molecule has 2 N–H and O–H groups in total. The number of alkyl halides is 1. The fourth-order valence-corrected chi connectivity index (χ4v) is 8.49. The van der Waals surface area contributed by atoms with Gasteiger partial charge in [0.1, 0.15) is 35.7 Å². The van der Waals surface area contributed by atoms with E-state index in [0.29, 0.717) is 72.0 Å². The monoisotopic (exact) mass is 631 g/mol. The van der Waals surface area contributed by atoms with Gasteiger partial charge in [-0.1, -0.05) is 19.1 Å². The first-order valence-electron chi connectivity index (χ1n) is 16.2. The van der Waals surface area contributed by atoms with Gasteiger partial charge in [0.15, 0.2) is 5.82 Å². The van der Waals surface area contributed by atoms with Gasteiger partial charge in [0.05, 0.1) is 17.5 Å². The number of fused-ring (bicyclic) bond motifs is 3. The van der Waals surface area contributed by atoms with E-state index in [2.05, 4.69) is 20.1 Å². The Bertz CT molecular complexity index is 1900. The van der Waals surface area contributed by atoms with Gasteiger partial charge in [0, 0.05) is 37.0 Å². The smallest absolute Gasteiger partial charge is 0.319 e. The Morgan fingerprint density at radius 1 is 1.09 bits per heavy atom. The van der Waals surface area contributed by atoms with Crippen molar-refractivity contribution in [2.24, 2.45) is 0 Å². The van der Waals surface area contributed by atoms with E-state index in [1.54, 1.807) is 24.3 Å². The zero-order valence-corrected chi connectivity index (χ0v) is 25.7. The molecule has 1 spiro atoms. The molecule has 1 aromatic heterocycles. The second-order valence-electron chi connectivity index (χ2n) is 13.5. The second-order valence-corrected chi connectivity index (χ2v) is 13.5. The van der Waals surface area contributed by atoms with Crippen LogP contribution in [0.1, 0.15) is 51.0 Å². The largest absolute Gasteiger partial charge is 0.508 e. The third-order valence-corrected chi connectivity index (χ3v) is 10.6. The van der Waals surface area contributed by atoms with Gasteiger partial charge in [-0.3, -0.25) is 9.69 Å². The quantitative estimate of drug-likeness (QED) is 0.260. The minimum atomic E-state index is -0.922. The molecule has 1 amide bonds. The number of ether oxygens (including phenoxy) is 1. The van der Waals surface area contributed by atoms with Crippen molar-refractivity contribution in [3.05, 3.63) is 53.6 Å². The van der Waals surface area contributed by atoms with Crippen LogP contribution in [0.5, 0.6) is 11.8 Å². The average Bonchev–Trinajstić information content (AvgIpc) is 3.55. The summed E-state index contributed by atoms with van der Waals surface area (Å²) in [7, 11) is 0. The molecule has 5 heterocycles. The molecule has 4 fully saturated rings. The number of phenolic OH excluding ortho intramolecular Hbond substituents is 1. The molecule has 4 aliphatic heterocycles. The number of amides is 1. The van der Waals surface area contributed by atoms with Crippen LogP contribution in [0.3, 0.4) is 0 Å². The van der Waals surface area contributed by atoms with Crippen LogP contribution in [0, 0.1) is 11.6 Å². The van der Waals surface area contributed by atoms with E-state index in [0.717, 1.165) is 32.2 Å². The van der Waals surface area contributed by atoms with E-state index in [1.807, 2.05) is 6.92 Å². The summed E-state index contributed by atoms with van der Waals surface area (Å²) < 4.78 is 52.6. The fraction of sp³-hybridized carbons (Fsp3) is 0.457. The number of hydrogen-bond acceptors (Lipinski definition) is 7. The predicted octanol–water partition coefficient (Wildman–Crippen LogP) is 5.81. The molecule has 8 rings (SSSR count). The molecule has 0 saturated carbocycles. The molecule has 46 heavy (non-hydrogen) atoms. The number of aryl methyl sites for hydroxylation is 1. The molecule has 8 nitrogen and oxygen atoms in total. The molecule has 0 bridgehead atoms. The molecule has 0 aliphatic carbocycles. The molecule has 4 aromatic rings. The number of carbonyl (C=O) groups excluding carboxylic acids is 1. The van der Waals surface area contributed by atoms with E-state index < -0.39 is 23.3 Å². The molecule has 0 radical (unpaired) electrons. The summed E-state index contributed by atoms with van der Waals surface area (Å²) in [6, 6.07) is 9.34. The SMILES string of the molecule is CCc1c(F)ccc2cc(O)cc(-c3ccc4c(N5CCCC6(CC(=O)N6)C5)nc(OC[C@@]56CCCN5C[C@H](F)C6)nc4c3F)c12. The van der Waals surface area contributed by atoms with E-state index in [4.69, 9.17) is 9.72 Å². The maximum Gasteiger partial charge on any atom is 0.319 e. The van der Waals surface area contributed by atoms with Crippen molar-refractivity contribution >= 4 is 33.4 Å². The lowest BCUT2D eigenvalue weighted by Crippen LogP contribution is -2.68. The third kappa shape index (κ3) is 4.65. The minimum Gasteiger partial charge on any atom is -0.508 e. The van der Waals surface area contributed by atoms with Crippen LogP contribution in [0.4, 0.5) is 19.0 Å². The van der Waals surface area contributed by atoms with Gasteiger partial charge in [-0.25, -0.2) is 13.2 Å². The Kier molecular flexibility index (Phi) is 6.83.